The van der Waals surface area contributed by atoms with Crippen LogP contribution in [0.5, 0.6) is 0 Å². The smallest absolute Gasteiger partial charge is 0.127 e. The first-order chi connectivity index (χ1) is 4.77. The van der Waals surface area contributed by atoms with Gasteiger partial charge in [-0.15, -0.1) is 0 Å². The minimum Gasteiger partial charge on any atom is -0.379 e. The third-order valence-corrected chi connectivity index (χ3v) is 1.97. The van der Waals surface area contributed by atoms with Gasteiger partial charge in [0.2, 0.25) is 0 Å². The van der Waals surface area contributed by atoms with Gasteiger partial charge in [0, 0.05) is 20.2 Å². The molecule has 0 spiro atoms. The van der Waals surface area contributed by atoms with E-state index >= 15 is 0 Å². The zero-order valence-electron chi connectivity index (χ0n) is 6.41. The van der Waals surface area contributed by atoms with Crippen LogP contribution in [0.4, 0.5) is 0 Å². The van der Waals surface area contributed by atoms with Gasteiger partial charge in [0.05, 0.1) is 12.0 Å². The van der Waals surface area contributed by atoms with Crippen LogP contribution in [0.25, 0.3) is 0 Å². The van der Waals surface area contributed by atoms with Crippen molar-refractivity contribution in [1.29, 1.82) is 0 Å². The monoisotopic (exact) mass is 143 g/mol. The maximum atomic E-state index is 10.4. The van der Waals surface area contributed by atoms with Gasteiger partial charge in [-0.3, -0.25) is 0 Å². The molecule has 1 aliphatic rings. The quantitative estimate of drug-likeness (QED) is 0.500. The van der Waals surface area contributed by atoms with Crippen molar-refractivity contribution in [3.05, 3.63) is 0 Å². The molecule has 1 fully saturated rings. The van der Waals surface area contributed by atoms with Gasteiger partial charge >= 0.3 is 0 Å². The van der Waals surface area contributed by atoms with Gasteiger partial charge in [-0.2, -0.15) is 0 Å². The predicted octanol–water partition coefficient (Wildman–Crippen LogP) is -0.238. The normalized spacial score (nSPS) is 34.6. The number of likely N-dealkylation sites (N-methyl/N-ethyl adjacent to an activating group) is 1. The summed E-state index contributed by atoms with van der Waals surface area (Å²) in [7, 11) is 3.65. The molecule has 0 radical (unpaired) electrons. The fourth-order valence-corrected chi connectivity index (χ4v) is 1.37. The molecule has 10 heavy (non-hydrogen) atoms. The van der Waals surface area contributed by atoms with Gasteiger partial charge < -0.3 is 14.4 Å². The highest BCUT2D eigenvalue weighted by Crippen LogP contribution is 2.15. The molecule has 2 atom stereocenters. The fourth-order valence-electron chi connectivity index (χ4n) is 1.37. The lowest BCUT2D eigenvalue weighted by molar-refractivity contribution is -0.113. The molecule has 1 heterocycles. The van der Waals surface area contributed by atoms with Crippen LogP contribution in [0.1, 0.15) is 0 Å². The molecule has 0 aromatic carbocycles. The van der Waals surface area contributed by atoms with Crippen LogP contribution in [-0.4, -0.2) is 44.5 Å². The first kappa shape index (κ1) is 7.69. The largest absolute Gasteiger partial charge is 0.379 e. The summed E-state index contributed by atoms with van der Waals surface area (Å²) in [6.07, 6.45) is 1.10. The number of aldehydes is 1. The van der Waals surface area contributed by atoms with Crippen molar-refractivity contribution in [3.63, 3.8) is 0 Å². The Kier molecular flexibility index (Phi) is 2.40. The summed E-state index contributed by atoms with van der Waals surface area (Å²) in [5, 5.41) is 0. The van der Waals surface area contributed by atoms with E-state index in [0.717, 1.165) is 19.4 Å². The standard InChI is InChI=1S/C7H13NO2/c1-8-3-6(5-9)7(4-8)10-2/h5-7H,3-4H2,1-2H3. The second-order valence-electron chi connectivity index (χ2n) is 2.80. The Morgan fingerprint density at radius 2 is 2.30 bits per heavy atom. The molecule has 1 saturated heterocycles. The van der Waals surface area contributed by atoms with Gasteiger partial charge in [0.1, 0.15) is 6.29 Å². The molecular weight excluding hydrogens is 130 g/mol. The summed E-state index contributed by atoms with van der Waals surface area (Å²) >= 11 is 0. The number of carbonyl (C=O) groups excluding carboxylic acids is 1. The molecular formula is C7H13NO2. The molecule has 0 N–H and O–H groups in total. The van der Waals surface area contributed by atoms with Crippen molar-refractivity contribution < 1.29 is 9.53 Å². The van der Waals surface area contributed by atoms with E-state index in [1.807, 2.05) is 7.05 Å². The summed E-state index contributed by atoms with van der Waals surface area (Å²) in [6.45, 7) is 1.71. The average molecular weight is 143 g/mol. The van der Waals surface area contributed by atoms with Crippen LogP contribution in [0.3, 0.4) is 0 Å². The lowest BCUT2D eigenvalue weighted by atomic mass is 10.1. The zero-order valence-corrected chi connectivity index (χ0v) is 6.41. The van der Waals surface area contributed by atoms with E-state index in [9.17, 15) is 4.79 Å². The lowest BCUT2D eigenvalue weighted by Gasteiger charge is -2.09. The van der Waals surface area contributed by atoms with Crippen LogP contribution in [0, 0.1) is 5.92 Å². The second kappa shape index (κ2) is 3.12. The third-order valence-electron chi connectivity index (χ3n) is 1.97. The molecule has 3 nitrogen and oxygen atoms in total. The molecule has 2 unspecified atom stereocenters. The van der Waals surface area contributed by atoms with E-state index in [0.29, 0.717) is 0 Å². The van der Waals surface area contributed by atoms with Crippen molar-refractivity contribution >= 4 is 6.29 Å². The number of nitrogens with zero attached hydrogens (tertiary/aromatic N) is 1. The van der Waals surface area contributed by atoms with E-state index in [1.54, 1.807) is 7.11 Å². The lowest BCUT2D eigenvalue weighted by Crippen LogP contribution is -2.21. The van der Waals surface area contributed by atoms with Crippen LogP contribution in [-0.2, 0) is 9.53 Å². The first-order valence-electron chi connectivity index (χ1n) is 3.44. The SMILES string of the molecule is COC1CN(C)CC1C=O. The van der Waals surface area contributed by atoms with Gasteiger partial charge in [-0.25, -0.2) is 0 Å². The molecule has 0 aromatic rings. The van der Waals surface area contributed by atoms with E-state index in [1.165, 1.54) is 0 Å². The Hall–Kier alpha value is -0.410. The minimum atomic E-state index is 0.0787. The van der Waals surface area contributed by atoms with Crippen LogP contribution in [0.15, 0.2) is 0 Å². The van der Waals surface area contributed by atoms with Crippen molar-refractivity contribution in [2.24, 2.45) is 5.92 Å². The zero-order chi connectivity index (χ0) is 7.56. The van der Waals surface area contributed by atoms with E-state index in [-0.39, 0.29) is 12.0 Å². The van der Waals surface area contributed by atoms with Crippen LogP contribution < -0.4 is 0 Å². The highest BCUT2D eigenvalue weighted by molar-refractivity contribution is 5.55. The number of ether oxygens (including phenoxy) is 1. The number of rotatable bonds is 2. The number of methoxy groups -OCH3 is 1. The molecule has 0 aliphatic carbocycles. The van der Waals surface area contributed by atoms with Crippen molar-refractivity contribution in [2.75, 3.05) is 27.2 Å². The molecule has 0 saturated carbocycles. The summed E-state index contributed by atoms with van der Waals surface area (Å²) in [5.41, 5.74) is 0. The van der Waals surface area contributed by atoms with Crippen LogP contribution >= 0.6 is 0 Å². The Labute approximate surface area is 61.0 Å². The molecule has 0 aromatic heterocycles. The topological polar surface area (TPSA) is 29.5 Å². The Balaban J connectivity index is 2.48. The van der Waals surface area contributed by atoms with Gasteiger partial charge in [0.25, 0.3) is 0 Å². The summed E-state index contributed by atoms with van der Waals surface area (Å²) in [6, 6.07) is 0. The number of hydrogen-bond donors (Lipinski definition) is 0. The third kappa shape index (κ3) is 1.36. The number of hydrogen-bond acceptors (Lipinski definition) is 3. The fraction of sp³-hybridized carbons (Fsp3) is 0.857. The molecule has 1 rings (SSSR count). The molecule has 58 valence electrons. The van der Waals surface area contributed by atoms with E-state index in [2.05, 4.69) is 4.90 Å². The Bertz CT molecular complexity index is 127. The maximum absolute atomic E-state index is 10.4. The maximum Gasteiger partial charge on any atom is 0.127 e. The molecule has 3 heteroatoms. The van der Waals surface area contributed by atoms with Crippen molar-refractivity contribution in [1.82, 2.24) is 4.90 Å². The summed E-state index contributed by atoms with van der Waals surface area (Å²) in [4.78, 5) is 12.5. The Morgan fingerprint density at radius 1 is 1.60 bits per heavy atom. The van der Waals surface area contributed by atoms with E-state index < -0.39 is 0 Å². The van der Waals surface area contributed by atoms with Crippen molar-refractivity contribution in [2.45, 2.75) is 6.10 Å². The summed E-state index contributed by atoms with van der Waals surface area (Å²) < 4.78 is 5.11. The minimum absolute atomic E-state index is 0.0787. The summed E-state index contributed by atoms with van der Waals surface area (Å²) in [5.74, 6) is 0.0787. The Morgan fingerprint density at radius 3 is 2.70 bits per heavy atom. The molecule has 1 aliphatic heterocycles. The molecule has 0 bridgehead atoms. The predicted molar refractivity (Wildman–Crippen MR) is 37.8 cm³/mol. The van der Waals surface area contributed by atoms with E-state index in [4.69, 9.17) is 4.74 Å². The highest BCUT2D eigenvalue weighted by atomic mass is 16.5. The molecule has 0 amide bonds. The second-order valence-corrected chi connectivity index (χ2v) is 2.80. The highest BCUT2D eigenvalue weighted by Gasteiger charge is 2.29. The van der Waals surface area contributed by atoms with Gasteiger partial charge in [-0.05, 0) is 7.05 Å². The van der Waals surface area contributed by atoms with Crippen molar-refractivity contribution in [3.8, 4) is 0 Å². The van der Waals surface area contributed by atoms with Gasteiger partial charge in [-0.1, -0.05) is 0 Å². The number of likely N-dealkylation sites (tertiary alicyclic amines) is 1. The number of carbonyl (C=O) groups is 1. The first-order valence-corrected chi connectivity index (χ1v) is 3.44. The van der Waals surface area contributed by atoms with Crippen LogP contribution in [0.2, 0.25) is 0 Å². The average Bonchev–Trinajstić information content (AvgIpc) is 2.30. The van der Waals surface area contributed by atoms with Gasteiger partial charge in [0.15, 0.2) is 0 Å².